The van der Waals surface area contributed by atoms with Gasteiger partial charge in [-0.2, -0.15) is 4.39 Å². The van der Waals surface area contributed by atoms with Crippen molar-refractivity contribution in [1.29, 1.82) is 0 Å². The zero-order valence-corrected chi connectivity index (χ0v) is 6.21. The Labute approximate surface area is 64.5 Å². The molecule has 0 aromatic carbocycles. The van der Waals surface area contributed by atoms with Crippen molar-refractivity contribution in [3.05, 3.63) is 23.9 Å². The summed E-state index contributed by atoms with van der Waals surface area (Å²) in [5.41, 5.74) is 1.07. The molecule has 2 atom stereocenters. The Morgan fingerprint density at radius 2 is 2.45 bits per heavy atom. The van der Waals surface area contributed by atoms with E-state index in [0.717, 1.165) is 5.70 Å². The van der Waals surface area contributed by atoms with Crippen LogP contribution in [0.2, 0.25) is 0 Å². The molecule has 11 heavy (non-hydrogen) atoms. The van der Waals surface area contributed by atoms with Crippen molar-refractivity contribution in [3.8, 4) is 0 Å². The van der Waals surface area contributed by atoms with Crippen LogP contribution in [0.3, 0.4) is 0 Å². The number of halogens is 1. The predicted octanol–water partition coefficient (Wildman–Crippen LogP) is 1.17. The van der Waals surface area contributed by atoms with Gasteiger partial charge in [0.2, 0.25) is 5.97 Å². The lowest BCUT2D eigenvalue weighted by Crippen LogP contribution is -2.30. The highest BCUT2D eigenvalue weighted by atomic mass is 19.1. The van der Waals surface area contributed by atoms with Crippen molar-refractivity contribution in [2.75, 3.05) is 0 Å². The molecule has 0 aromatic rings. The Morgan fingerprint density at radius 1 is 1.64 bits per heavy atom. The number of allylic oxidation sites excluding steroid dienone is 2. The van der Waals surface area contributed by atoms with E-state index < -0.39 is 0 Å². The first-order chi connectivity index (χ1) is 5.25. The van der Waals surface area contributed by atoms with E-state index >= 15 is 0 Å². The fraction of sp³-hybridized carbons (Fsp3) is 0.375. The van der Waals surface area contributed by atoms with Crippen LogP contribution in [0.25, 0.3) is 0 Å². The van der Waals surface area contributed by atoms with Crippen molar-refractivity contribution >= 4 is 5.97 Å². The summed E-state index contributed by atoms with van der Waals surface area (Å²) in [6.45, 7) is 1.96. The minimum absolute atomic E-state index is 0.0278. The van der Waals surface area contributed by atoms with Crippen molar-refractivity contribution in [1.82, 2.24) is 5.32 Å². The standard InChI is InChI=1S/C8H9FN2/c1-5-4-7-6(10-5)2-3-8(9)11-7/h2-4,6-7,10H,1H3. The van der Waals surface area contributed by atoms with Crippen molar-refractivity contribution in [2.24, 2.45) is 4.99 Å². The van der Waals surface area contributed by atoms with Gasteiger partial charge in [-0.15, -0.1) is 0 Å². The molecular weight excluding hydrogens is 143 g/mol. The molecular formula is C8H9FN2. The molecule has 2 heterocycles. The van der Waals surface area contributed by atoms with Gasteiger partial charge in [-0.25, -0.2) is 4.99 Å². The molecule has 0 fully saturated rings. The summed E-state index contributed by atoms with van der Waals surface area (Å²) in [6, 6.07) is 0.148. The molecule has 0 amide bonds. The van der Waals surface area contributed by atoms with Crippen molar-refractivity contribution in [3.63, 3.8) is 0 Å². The second-order valence-corrected chi connectivity index (χ2v) is 2.82. The van der Waals surface area contributed by atoms with E-state index in [0.29, 0.717) is 0 Å². The Morgan fingerprint density at radius 3 is 3.27 bits per heavy atom. The monoisotopic (exact) mass is 152 g/mol. The maximum atomic E-state index is 12.6. The van der Waals surface area contributed by atoms with E-state index in [1.54, 1.807) is 6.08 Å². The van der Waals surface area contributed by atoms with Crippen molar-refractivity contribution < 1.29 is 4.39 Å². The summed E-state index contributed by atoms with van der Waals surface area (Å²) in [4.78, 5) is 3.82. The summed E-state index contributed by atoms with van der Waals surface area (Å²) in [7, 11) is 0. The molecule has 1 N–H and O–H groups in total. The molecule has 0 bridgehead atoms. The number of aliphatic imine (C=N–C) groups is 1. The quantitative estimate of drug-likeness (QED) is 0.553. The molecule has 2 nitrogen and oxygen atoms in total. The number of dihydropyridines is 1. The Kier molecular flexibility index (Phi) is 1.31. The second-order valence-electron chi connectivity index (χ2n) is 2.82. The average molecular weight is 152 g/mol. The fourth-order valence-corrected chi connectivity index (χ4v) is 1.40. The lowest BCUT2D eigenvalue weighted by molar-refractivity contribution is 0.635. The lowest BCUT2D eigenvalue weighted by Gasteiger charge is -2.15. The van der Waals surface area contributed by atoms with Gasteiger partial charge in [0.25, 0.3) is 0 Å². The summed E-state index contributed by atoms with van der Waals surface area (Å²) < 4.78 is 12.6. The normalized spacial score (nSPS) is 34.0. The molecule has 0 aliphatic carbocycles. The first-order valence-corrected chi connectivity index (χ1v) is 3.62. The number of fused-ring (bicyclic) bond motifs is 1. The number of nitrogens with one attached hydrogen (secondary N) is 1. The van der Waals surface area contributed by atoms with E-state index in [1.807, 2.05) is 13.0 Å². The van der Waals surface area contributed by atoms with Gasteiger partial charge >= 0.3 is 0 Å². The Balaban J connectivity index is 2.26. The zero-order valence-electron chi connectivity index (χ0n) is 6.21. The Bertz CT molecular complexity index is 265. The van der Waals surface area contributed by atoms with Crippen LogP contribution in [0, 0.1) is 0 Å². The molecule has 0 saturated carbocycles. The van der Waals surface area contributed by atoms with Crippen LogP contribution in [-0.2, 0) is 0 Å². The van der Waals surface area contributed by atoms with Gasteiger partial charge in [0.1, 0.15) is 0 Å². The van der Waals surface area contributed by atoms with Gasteiger partial charge in [0, 0.05) is 5.70 Å². The third-order valence-electron chi connectivity index (χ3n) is 1.90. The molecule has 0 saturated heterocycles. The van der Waals surface area contributed by atoms with Gasteiger partial charge in [-0.3, -0.25) is 0 Å². The number of hydrogen-bond donors (Lipinski definition) is 1. The molecule has 2 unspecified atom stereocenters. The van der Waals surface area contributed by atoms with E-state index in [1.165, 1.54) is 6.08 Å². The number of hydrogen-bond acceptors (Lipinski definition) is 2. The van der Waals surface area contributed by atoms with Crippen LogP contribution in [0.5, 0.6) is 0 Å². The van der Waals surface area contributed by atoms with E-state index in [2.05, 4.69) is 10.3 Å². The number of rotatable bonds is 0. The maximum Gasteiger partial charge on any atom is 0.208 e. The second kappa shape index (κ2) is 2.19. The van der Waals surface area contributed by atoms with Crippen molar-refractivity contribution in [2.45, 2.75) is 19.0 Å². The first-order valence-electron chi connectivity index (χ1n) is 3.62. The van der Waals surface area contributed by atoms with Crippen LogP contribution in [0.1, 0.15) is 6.92 Å². The van der Waals surface area contributed by atoms with Gasteiger partial charge in [0.05, 0.1) is 12.1 Å². The van der Waals surface area contributed by atoms with Crippen LogP contribution in [0.15, 0.2) is 28.9 Å². The highest BCUT2D eigenvalue weighted by molar-refractivity contribution is 5.88. The average Bonchev–Trinajstić information content (AvgIpc) is 2.27. The highest BCUT2D eigenvalue weighted by Crippen LogP contribution is 2.17. The summed E-state index contributed by atoms with van der Waals surface area (Å²) in [5, 5.41) is 3.18. The number of nitrogens with zero attached hydrogens (tertiary/aromatic N) is 1. The van der Waals surface area contributed by atoms with E-state index in [-0.39, 0.29) is 18.0 Å². The highest BCUT2D eigenvalue weighted by Gasteiger charge is 2.25. The molecule has 2 aliphatic rings. The third kappa shape index (κ3) is 1.06. The minimum atomic E-state index is -0.376. The van der Waals surface area contributed by atoms with Gasteiger partial charge in [-0.1, -0.05) is 6.08 Å². The van der Waals surface area contributed by atoms with Crippen LogP contribution >= 0.6 is 0 Å². The first kappa shape index (κ1) is 6.58. The molecule has 0 aromatic heterocycles. The van der Waals surface area contributed by atoms with E-state index in [4.69, 9.17) is 0 Å². The van der Waals surface area contributed by atoms with Gasteiger partial charge in [0.15, 0.2) is 0 Å². The summed E-state index contributed by atoms with van der Waals surface area (Å²) in [6.07, 6.45) is 5.15. The molecule has 2 aliphatic heterocycles. The fourth-order valence-electron chi connectivity index (χ4n) is 1.40. The summed E-state index contributed by atoms with van der Waals surface area (Å²) in [5.74, 6) is -0.376. The smallest absolute Gasteiger partial charge is 0.208 e. The third-order valence-corrected chi connectivity index (χ3v) is 1.90. The lowest BCUT2D eigenvalue weighted by atomic mass is 10.1. The topological polar surface area (TPSA) is 24.4 Å². The maximum absolute atomic E-state index is 12.6. The van der Waals surface area contributed by atoms with Crippen LogP contribution in [0.4, 0.5) is 4.39 Å². The van der Waals surface area contributed by atoms with Gasteiger partial charge < -0.3 is 5.32 Å². The van der Waals surface area contributed by atoms with E-state index in [9.17, 15) is 4.39 Å². The largest absolute Gasteiger partial charge is 0.380 e. The molecule has 2 rings (SSSR count). The SMILES string of the molecule is CC1=CC2N=C(F)C=CC2N1. The summed E-state index contributed by atoms with van der Waals surface area (Å²) >= 11 is 0. The van der Waals surface area contributed by atoms with Gasteiger partial charge in [-0.05, 0) is 19.1 Å². The zero-order chi connectivity index (χ0) is 7.84. The predicted molar refractivity (Wildman–Crippen MR) is 42.2 cm³/mol. The molecule has 0 radical (unpaired) electrons. The Hall–Kier alpha value is -1.12. The molecule has 0 spiro atoms. The van der Waals surface area contributed by atoms with Crippen LogP contribution < -0.4 is 5.32 Å². The molecule has 58 valence electrons. The molecule has 3 heteroatoms. The minimum Gasteiger partial charge on any atom is -0.380 e. The van der Waals surface area contributed by atoms with Crippen LogP contribution in [-0.4, -0.2) is 18.0 Å².